The topological polar surface area (TPSA) is 38.5 Å². The monoisotopic (exact) mass is 264 g/mol. The van der Waals surface area contributed by atoms with E-state index in [9.17, 15) is 0 Å². The molecule has 1 unspecified atom stereocenters. The molecule has 0 amide bonds. The number of hydrogen-bond acceptors (Lipinski definition) is 3. The van der Waals surface area contributed by atoms with Crippen molar-refractivity contribution in [3.63, 3.8) is 0 Å². The predicted molar refractivity (Wildman–Crippen MR) is 83.0 cm³/mol. The van der Waals surface area contributed by atoms with Gasteiger partial charge in [-0.05, 0) is 25.0 Å². The van der Waals surface area contributed by atoms with Gasteiger partial charge in [0.25, 0.3) is 0 Å². The maximum atomic E-state index is 6.09. The Bertz CT molecular complexity index is 375. The highest BCUT2D eigenvalue weighted by molar-refractivity contribution is 5.52. The molecule has 1 rings (SSSR count). The van der Waals surface area contributed by atoms with Crippen LogP contribution in [0.4, 0.5) is 5.69 Å². The summed E-state index contributed by atoms with van der Waals surface area (Å²) in [5.41, 5.74) is 7.31. The second-order valence-electron chi connectivity index (χ2n) is 5.15. The fraction of sp³-hybridized carbons (Fsp3) is 0.625. The minimum absolute atomic E-state index is 0.0440. The van der Waals surface area contributed by atoms with Crippen LogP contribution in [0.15, 0.2) is 24.3 Å². The van der Waals surface area contributed by atoms with Crippen LogP contribution in [0.2, 0.25) is 0 Å². The third-order valence-corrected chi connectivity index (χ3v) is 4.19. The van der Waals surface area contributed by atoms with Gasteiger partial charge in [-0.15, -0.1) is 0 Å². The number of methoxy groups -OCH3 is 1. The normalized spacial score (nSPS) is 13.9. The Kier molecular flexibility index (Phi) is 6.16. The van der Waals surface area contributed by atoms with E-state index < -0.39 is 0 Å². The molecule has 0 aliphatic heterocycles. The van der Waals surface area contributed by atoms with E-state index in [4.69, 9.17) is 10.5 Å². The summed E-state index contributed by atoms with van der Waals surface area (Å²) in [5, 5.41) is 0. The zero-order valence-electron chi connectivity index (χ0n) is 12.8. The van der Waals surface area contributed by atoms with Crippen molar-refractivity contribution in [2.24, 2.45) is 5.73 Å². The lowest BCUT2D eigenvalue weighted by molar-refractivity contribution is 0.358. The number of nitrogens with zero attached hydrogens (tertiary/aromatic N) is 1. The summed E-state index contributed by atoms with van der Waals surface area (Å²) in [7, 11) is 3.84. The van der Waals surface area contributed by atoms with Crippen molar-refractivity contribution in [3.8, 4) is 5.75 Å². The van der Waals surface area contributed by atoms with Crippen LogP contribution in [-0.4, -0.2) is 26.2 Å². The lowest BCUT2D eigenvalue weighted by Crippen LogP contribution is -2.52. The van der Waals surface area contributed by atoms with Crippen LogP contribution in [0.5, 0.6) is 5.75 Å². The average Bonchev–Trinajstić information content (AvgIpc) is 2.48. The standard InChI is InChI=1S/C16H28N2O/c1-5-7-11-16(6-2,13-17)18(3)14-9-8-10-15(12-14)19-4/h8-10,12H,5-7,11,13,17H2,1-4H3. The molecule has 0 heterocycles. The molecule has 108 valence electrons. The summed E-state index contributed by atoms with van der Waals surface area (Å²) in [6.07, 6.45) is 4.59. The van der Waals surface area contributed by atoms with E-state index in [1.807, 2.05) is 12.1 Å². The molecule has 0 aliphatic carbocycles. The van der Waals surface area contributed by atoms with Gasteiger partial charge in [0.2, 0.25) is 0 Å². The molecule has 1 atom stereocenters. The van der Waals surface area contributed by atoms with Gasteiger partial charge < -0.3 is 15.4 Å². The van der Waals surface area contributed by atoms with Crippen molar-refractivity contribution in [2.75, 3.05) is 25.6 Å². The molecule has 0 bridgehead atoms. The van der Waals surface area contributed by atoms with Crippen LogP contribution in [0.1, 0.15) is 39.5 Å². The van der Waals surface area contributed by atoms with Gasteiger partial charge >= 0.3 is 0 Å². The van der Waals surface area contributed by atoms with Crippen LogP contribution in [0, 0.1) is 0 Å². The van der Waals surface area contributed by atoms with Gasteiger partial charge in [0.1, 0.15) is 5.75 Å². The molecule has 0 fully saturated rings. The quantitative estimate of drug-likeness (QED) is 0.782. The molecular weight excluding hydrogens is 236 g/mol. The minimum atomic E-state index is 0.0440. The maximum Gasteiger partial charge on any atom is 0.120 e. The Balaban J connectivity index is 3.00. The lowest BCUT2D eigenvalue weighted by Gasteiger charge is -2.42. The summed E-state index contributed by atoms with van der Waals surface area (Å²) in [5.74, 6) is 0.891. The molecule has 1 aromatic rings. The number of rotatable bonds is 8. The largest absolute Gasteiger partial charge is 0.497 e. The average molecular weight is 264 g/mol. The second-order valence-corrected chi connectivity index (χ2v) is 5.15. The van der Waals surface area contributed by atoms with E-state index in [1.54, 1.807) is 7.11 Å². The summed E-state index contributed by atoms with van der Waals surface area (Å²) in [6.45, 7) is 5.12. The fourth-order valence-electron chi connectivity index (χ4n) is 2.56. The minimum Gasteiger partial charge on any atom is -0.497 e. The van der Waals surface area contributed by atoms with Crippen molar-refractivity contribution >= 4 is 5.69 Å². The third kappa shape index (κ3) is 3.63. The van der Waals surface area contributed by atoms with Crippen LogP contribution >= 0.6 is 0 Å². The molecule has 19 heavy (non-hydrogen) atoms. The van der Waals surface area contributed by atoms with Crippen molar-refractivity contribution in [2.45, 2.75) is 45.1 Å². The van der Waals surface area contributed by atoms with Gasteiger partial charge in [-0.2, -0.15) is 0 Å². The molecular formula is C16H28N2O. The number of benzene rings is 1. The number of nitrogens with two attached hydrogens (primary N) is 1. The molecule has 0 aliphatic rings. The highest BCUT2D eigenvalue weighted by atomic mass is 16.5. The first-order chi connectivity index (χ1) is 9.13. The molecule has 0 aromatic heterocycles. The van der Waals surface area contributed by atoms with Gasteiger partial charge in [-0.3, -0.25) is 0 Å². The van der Waals surface area contributed by atoms with E-state index in [-0.39, 0.29) is 5.54 Å². The van der Waals surface area contributed by atoms with Gasteiger partial charge in [0.05, 0.1) is 12.6 Å². The molecule has 3 nitrogen and oxygen atoms in total. The van der Waals surface area contributed by atoms with E-state index >= 15 is 0 Å². The first-order valence-electron chi connectivity index (χ1n) is 7.21. The fourth-order valence-corrected chi connectivity index (χ4v) is 2.56. The Morgan fingerprint density at radius 2 is 2.05 bits per heavy atom. The summed E-state index contributed by atoms with van der Waals surface area (Å²) >= 11 is 0. The molecule has 2 N–H and O–H groups in total. The van der Waals surface area contributed by atoms with Crippen molar-refractivity contribution in [1.82, 2.24) is 0 Å². The third-order valence-electron chi connectivity index (χ3n) is 4.19. The zero-order valence-corrected chi connectivity index (χ0v) is 12.8. The van der Waals surface area contributed by atoms with Crippen molar-refractivity contribution in [1.29, 1.82) is 0 Å². The predicted octanol–water partition coefficient (Wildman–Crippen LogP) is 3.43. The summed E-state index contributed by atoms with van der Waals surface area (Å²) in [4.78, 5) is 2.32. The van der Waals surface area contributed by atoms with Gasteiger partial charge in [0, 0.05) is 25.3 Å². The molecule has 0 radical (unpaired) electrons. The number of unbranched alkanes of at least 4 members (excludes halogenated alkanes) is 1. The number of ether oxygens (including phenoxy) is 1. The summed E-state index contributed by atoms with van der Waals surface area (Å²) in [6, 6.07) is 8.20. The number of likely N-dealkylation sites (N-methyl/N-ethyl adjacent to an activating group) is 1. The summed E-state index contributed by atoms with van der Waals surface area (Å²) < 4.78 is 5.31. The first-order valence-corrected chi connectivity index (χ1v) is 7.21. The Morgan fingerprint density at radius 1 is 1.32 bits per heavy atom. The zero-order chi connectivity index (χ0) is 14.3. The number of anilines is 1. The van der Waals surface area contributed by atoms with E-state index in [0.717, 1.165) is 18.6 Å². The van der Waals surface area contributed by atoms with Crippen molar-refractivity contribution < 1.29 is 4.74 Å². The molecule has 0 saturated heterocycles. The maximum absolute atomic E-state index is 6.09. The van der Waals surface area contributed by atoms with Gasteiger partial charge in [0.15, 0.2) is 0 Å². The van der Waals surface area contributed by atoms with E-state index in [2.05, 4.69) is 37.9 Å². The van der Waals surface area contributed by atoms with Crippen LogP contribution in [0.25, 0.3) is 0 Å². The van der Waals surface area contributed by atoms with Crippen LogP contribution < -0.4 is 15.4 Å². The van der Waals surface area contributed by atoms with Gasteiger partial charge in [-0.25, -0.2) is 0 Å². The second kappa shape index (κ2) is 7.39. The van der Waals surface area contributed by atoms with Crippen LogP contribution in [-0.2, 0) is 0 Å². The SMILES string of the molecule is CCCCC(CC)(CN)N(C)c1cccc(OC)c1. The van der Waals surface area contributed by atoms with Crippen LogP contribution in [0.3, 0.4) is 0 Å². The van der Waals surface area contributed by atoms with Gasteiger partial charge in [-0.1, -0.05) is 32.8 Å². The van der Waals surface area contributed by atoms with Crippen molar-refractivity contribution in [3.05, 3.63) is 24.3 Å². The Hall–Kier alpha value is -1.22. The number of hydrogen-bond donors (Lipinski definition) is 1. The highest BCUT2D eigenvalue weighted by Crippen LogP contribution is 2.31. The Labute approximate surface area is 117 Å². The molecule has 3 heteroatoms. The lowest BCUT2D eigenvalue weighted by atomic mass is 9.87. The first kappa shape index (κ1) is 15.8. The molecule has 1 aromatic carbocycles. The van der Waals surface area contributed by atoms with E-state index in [0.29, 0.717) is 6.54 Å². The Morgan fingerprint density at radius 3 is 2.58 bits per heavy atom. The highest BCUT2D eigenvalue weighted by Gasteiger charge is 2.31. The molecule has 0 spiro atoms. The van der Waals surface area contributed by atoms with E-state index in [1.165, 1.54) is 18.5 Å². The molecule has 0 saturated carbocycles. The smallest absolute Gasteiger partial charge is 0.120 e.